The lowest BCUT2D eigenvalue weighted by atomic mass is 10.0. The molecule has 0 spiro atoms. The van der Waals surface area contributed by atoms with Gasteiger partial charge in [-0.1, -0.05) is 40.2 Å². The quantitative estimate of drug-likeness (QED) is 0.308. The number of hydrogen-bond acceptors (Lipinski definition) is 5. The van der Waals surface area contributed by atoms with Crippen LogP contribution in [0.4, 0.5) is 5.69 Å². The fraction of sp³-hybridized carbons (Fsp3) is 0.286. The van der Waals surface area contributed by atoms with Gasteiger partial charge in [0, 0.05) is 17.7 Å². The van der Waals surface area contributed by atoms with E-state index in [-0.39, 0.29) is 16.8 Å². The van der Waals surface area contributed by atoms with Crippen LogP contribution in [0.2, 0.25) is 0 Å². The minimum Gasteiger partial charge on any atom is -0.350 e. The average Bonchev–Trinajstić information content (AvgIpc) is 2.92. The van der Waals surface area contributed by atoms with Gasteiger partial charge < -0.3 is 5.32 Å². The van der Waals surface area contributed by atoms with Crippen LogP contribution in [0.15, 0.2) is 48.5 Å². The molecular weight excluding hydrogens is 454 g/mol. The first kappa shape index (κ1) is 21.6. The number of carbonyl (C=O) groups excluding carboxylic acids is 3. The third kappa shape index (κ3) is 4.11. The molecule has 1 heterocycles. The molecule has 1 aliphatic rings. The Morgan fingerprint density at radius 3 is 1.97 bits per heavy atom. The van der Waals surface area contributed by atoms with Crippen molar-refractivity contribution in [1.82, 2.24) is 10.2 Å². The molecule has 156 valence electrons. The topological polar surface area (TPSA) is 110 Å². The van der Waals surface area contributed by atoms with E-state index in [1.807, 2.05) is 0 Å². The zero-order chi connectivity index (χ0) is 22.2. The van der Waals surface area contributed by atoms with Crippen molar-refractivity contribution in [3.05, 3.63) is 75.3 Å². The summed E-state index contributed by atoms with van der Waals surface area (Å²) in [7, 11) is 0. The zero-order valence-electron chi connectivity index (χ0n) is 16.6. The number of nitrogens with one attached hydrogen (secondary N) is 1. The van der Waals surface area contributed by atoms with Crippen LogP contribution in [0.3, 0.4) is 0 Å². The van der Waals surface area contributed by atoms with E-state index in [1.165, 1.54) is 24.3 Å². The summed E-state index contributed by atoms with van der Waals surface area (Å²) in [5.41, 5.74) is 0.288. The van der Waals surface area contributed by atoms with Crippen LogP contribution < -0.4 is 5.32 Å². The maximum Gasteiger partial charge on any atom is 0.269 e. The first-order valence-corrected chi connectivity index (χ1v) is 10.1. The second kappa shape index (κ2) is 7.98. The van der Waals surface area contributed by atoms with E-state index in [0.29, 0.717) is 5.56 Å². The number of hydrogen-bond donors (Lipinski definition) is 1. The summed E-state index contributed by atoms with van der Waals surface area (Å²) in [5.74, 6) is -1.63. The van der Waals surface area contributed by atoms with E-state index in [1.54, 1.807) is 45.0 Å². The first-order valence-electron chi connectivity index (χ1n) is 9.18. The standard InChI is InChI=1S/C21H20BrN3O5/c1-21(2,3)23-18(26)17(16(22)12-8-10-13(11-9-12)25(29)30)24-19(27)14-6-4-5-7-15(14)20(24)28/h4-11,16-17H,1-3H3,(H,23,26)/t16-,17+/m1/s1. The maximum absolute atomic E-state index is 13.2. The summed E-state index contributed by atoms with van der Waals surface area (Å²) in [6, 6.07) is 10.8. The predicted octanol–water partition coefficient (Wildman–Crippen LogP) is 3.61. The van der Waals surface area contributed by atoms with E-state index < -0.39 is 39.1 Å². The molecule has 2 aromatic carbocycles. The van der Waals surface area contributed by atoms with Crippen molar-refractivity contribution in [1.29, 1.82) is 0 Å². The van der Waals surface area contributed by atoms with Gasteiger partial charge in [-0.3, -0.25) is 29.4 Å². The molecule has 3 rings (SSSR count). The van der Waals surface area contributed by atoms with Gasteiger partial charge in [-0.15, -0.1) is 0 Å². The van der Waals surface area contributed by atoms with Gasteiger partial charge in [0.1, 0.15) is 6.04 Å². The van der Waals surface area contributed by atoms with Crippen molar-refractivity contribution in [2.24, 2.45) is 0 Å². The number of benzene rings is 2. The zero-order valence-corrected chi connectivity index (χ0v) is 18.2. The number of halogens is 1. The largest absolute Gasteiger partial charge is 0.350 e. The Hall–Kier alpha value is -3.07. The van der Waals surface area contributed by atoms with Crippen molar-refractivity contribution in [2.45, 2.75) is 37.2 Å². The number of rotatable bonds is 5. The highest BCUT2D eigenvalue weighted by Crippen LogP contribution is 2.35. The van der Waals surface area contributed by atoms with Gasteiger partial charge in [-0.05, 0) is 38.5 Å². The monoisotopic (exact) mass is 473 g/mol. The lowest BCUT2D eigenvalue weighted by Crippen LogP contribution is -2.55. The Morgan fingerprint density at radius 1 is 1.03 bits per heavy atom. The SMILES string of the molecule is CC(C)(C)NC(=O)[C@H]([C@H](Br)c1ccc([N+](=O)[O-])cc1)N1C(=O)c2ccccc2C1=O. The molecule has 3 amide bonds. The molecule has 0 aromatic heterocycles. The number of nitrogens with zero attached hydrogens (tertiary/aromatic N) is 2. The highest BCUT2D eigenvalue weighted by atomic mass is 79.9. The fourth-order valence-electron chi connectivity index (χ4n) is 3.25. The van der Waals surface area contributed by atoms with Crippen LogP contribution in [0.5, 0.6) is 0 Å². The van der Waals surface area contributed by atoms with E-state index in [2.05, 4.69) is 21.2 Å². The molecule has 0 fully saturated rings. The number of nitro groups is 1. The number of amides is 3. The summed E-state index contributed by atoms with van der Waals surface area (Å²) in [5, 5.41) is 13.8. The minimum atomic E-state index is -1.20. The second-order valence-corrected chi connectivity index (χ2v) is 8.95. The Labute approximate surface area is 181 Å². The van der Waals surface area contributed by atoms with Gasteiger partial charge in [-0.25, -0.2) is 0 Å². The van der Waals surface area contributed by atoms with Crippen molar-refractivity contribution in [2.75, 3.05) is 0 Å². The van der Waals surface area contributed by atoms with Crippen molar-refractivity contribution >= 4 is 39.3 Å². The smallest absolute Gasteiger partial charge is 0.269 e. The molecular formula is C21H20BrN3O5. The Morgan fingerprint density at radius 2 is 1.53 bits per heavy atom. The van der Waals surface area contributed by atoms with Crippen LogP contribution in [0.25, 0.3) is 0 Å². The number of non-ortho nitro benzene ring substituents is 1. The Kier molecular flexibility index (Phi) is 5.76. The fourth-order valence-corrected chi connectivity index (χ4v) is 4.03. The van der Waals surface area contributed by atoms with E-state index in [0.717, 1.165) is 4.90 Å². The summed E-state index contributed by atoms with van der Waals surface area (Å²) in [6.45, 7) is 5.37. The van der Waals surface area contributed by atoms with Gasteiger partial charge in [0.15, 0.2) is 0 Å². The molecule has 0 aliphatic carbocycles. The molecule has 2 aromatic rings. The van der Waals surface area contributed by atoms with Gasteiger partial charge in [-0.2, -0.15) is 0 Å². The molecule has 0 unspecified atom stereocenters. The van der Waals surface area contributed by atoms with E-state index >= 15 is 0 Å². The van der Waals surface area contributed by atoms with Crippen LogP contribution in [-0.2, 0) is 4.79 Å². The summed E-state index contributed by atoms with van der Waals surface area (Å²) in [4.78, 5) is 49.8. The summed E-state index contributed by atoms with van der Waals surface area (Å²) < 4.78 is 0. The maximum atomic E-state index is 13.2. The minimum absolute atomic E-state index is 0.102. The molecule has 9 heteroatoms. The molecule has 30 heavy (non-hydrogen) atoms. The number of alkyl halides is 1. The van der Waals surface area contributed by atoms with Crippen LogP contribution in [0.1, 0.15) is 51.9 Å². The van der Waals surface area contributed by atoms with Gasteiger partial charge in [0.05, 0.1) is 20.9 Å². The lowest BCUT2D eigenvalue weighted by Gasteiger charge is -2.32. The van der Waals surface area contributed by atoms with Gasteiger partial charge >= 0.3 is 0 Å². The van der Waals surface area contributed by atoms with Crippen molar-refractivity contribution < 1.29 is 19.3 Å². The lowest BCUT2D eigenvalue weighted by molar-refractivity contribution is -0.384. The van der Waals surface area contributed by atoms with E-state index in [9.17, 15) is 24.5 Å². The molecule has 1 aliphatic heterocycles. The van der Waals surface area contributed by atoms with Gasteiger partial charge in [0.2, 0.25) is 5.91 Å². The normalized spacial score (nSPS) is 15.5. The molecule has 2 atom stereocenters. The highest BCUT2D eigenvalue weighted by Gasteiger charge is 2.46. The number of nitro benzene ring substituents is 1. The van der Waals surface area contributed by atoms with Crippen LogP contribution >= 0.6 is 15.9 Å². The van der Waals surface area contributed by atoms with Crippen LogP contribution in [0, 0.1) is 10.1 Å². The molecule has 0 saturated heterocycles. The Balaban J connectivity index is 2.03. The Bertz CT molecular complexity index is 995. The van der Waals surface area contributed by atoms with Crippen molar-refractivity contribution in [3.63, 3.8) is 0 Å². The number of imide groups is 1. The second-order valence-electron chi connectivity index (χ2n) is 7.96. The summed E-state index contributed by atoms with van der Waals surface area (Å²) in [6.07, 6.45) is 0. The van der Waals surface area contributed by atoms with Gasteiger partial charge in [0.25, 0.3) is 17.5 Å². The molecule has 0 radical (unpaired) electrons. The number of fused-ring (bicyclic) bond motifs is 1. The number of carbonyl (C=O) groups is 3. The van der Waals surface area contributed by atoms with Crippen LogP contribution in [-0.4, -0.2) is 39.1 Å². The molecule has 1 N–H and O–H groups in total. The summed E-state index contributed by atoms with van der Waals surface area (Å²) >= 11 is 3.46. The average molecular weight is 474 g/mol. The first-order chi connectivity index (χ1) is 14.0. The van der Waals surface area contributed by atoms with E-state index in [4.69, 9.17) is 0 Å². The molecule has 0 bridgehead atoms. The molecule has 0 saturated carbocycles. The predicted molar refractivity (Wildman–Crippen MR) is 113 cm³/mol. The van der Waals surface area contributed by atoms with Crippen molar-refractivity contribution in [3.8, 4) is 0 Å². The third-order valence-corrected chi connectivity index (χ3v) is 5.60. The molecule has 8 nitrogen and oxygen atoms in total. The highest BCUT2D eigenvalue weighted by molar-refractivity contribution is 9.09. The third-order valence-electron chi connectivity index (χ3n) is 4.57.